The summed E-state index contributed by atoms with van der Waals surface area (Å²) in [7, 11) is 0. The normalized spacial score (nSPS) is 10.8. The van der Waals surface area contributed by atoms with Crippen molar-refractivity contribution >= 4 is 5.78 Å². The zero-order valence-electron chi connectivity index (χ0n) is 10.6. The van der Waals surface area contributed by atoms with Crippen molar-refractivity contribution in [2.24, 2.45) is 0 Å². The Morgan fingerprint density at radius 2 is 2.06 bits per heavy atom. The molecule has 2 rings (SSSR count). The van der Waals surface area contributed by atoms with Crippen LogP contribution in [0.15, 0.2) is 16.7 Å². The Balaban J connectivity index is 2.51. The van der Waals surface area contributed by atoms with Gasteiger partial charge in [0.05, 0.1) is 5.56 Å². The molecule has 17 heavy (non-hydrogen) atoms. The highest BCUT2D eigenvalue weighted by atomic mass is 16.3. The fraction of sp³-hybridized carbons (Fsp3) is 0.385. The molecule has 0 amide bonds. The molecule has 0 atom stereocenters. The lowest BCUT2D eigenvalue weighted by atomic mass is 10.0. The van der Waals surface area contributed by atoms with E-state index in [2.05, 4.69) is 5.10 Å². The van der Waals surface area contributed by atoms with E-state index in [1.54, 1.807) is 16.9 Å². The molecular formula is C13H16N2O2. The van der Waals surface area contributed by atoms with Crippen molar-refractivity contribution in [2.75, 3.05) is 0 Å². The van der Waals surface area contributed by atoms with Gasteiger partial charge in [0.25, 0.3) is 0 Å². The lowest BCUT2D eigenvalue weighted by molar-refractivity contribution is 0.102. The van der Waals surface area contributed by atoms with E-state index < -0.39 is 0 Å². The average Bonchev–Trinajstić information content (AvgIpc) is 2.84. The van der Waals surface area contributed by atoms with Gasteiger partial charge in [0.15, 0.2) is 0 Å². The molecule has 2 aromatic heterocycles. The zero-order valence-corrected chi connectivity index (χ0v) is 10.6. The summed E-state index contributed by atoms with van der Waals surface area (Å²) in [4.78, 5) is 12.4. The van der Waals surface area contributed by atoms with Crippen LogP contribution >= 0.6 is 0 Å². The van der Waals surface area contributed by atoms with Crippen LogP contribution in [0.25, 0.3) is 0 Å². The molecule has 2 heterocycles. The minimum atomic E-state index is -0.0174. The summed E-state index contributed by atoms with van der Waals surface area (Å²) >= 11 is 0. The maximum absolute atomic E-state index is 12.4. The molecular weight excluding hydrogens is 216 g/mol. The SMILES string of the molecule is CCn1nccc1C(=O)c1c(C)oc(C)c1C. The van der Waals surface area contributed by atoms with Gasteiger partial charge in [-0.3, -0.25) is 9.48 Å². The van der Waals surface area contributed by atoms with Crippen LogP contribution in [-0.2, 0) is 6.54 Å². The van der Waals surface area contributed by atoms with Crippen LogP contribution in [-0.4, -0.2) is 15.6 Å². The van der Waals surface area contributed by atoms with Gasteiger partial charge >= 0.3 is 0 Å². The van der Waals surface area contributed by atoms with E-state index >= 15 is 0 Å². The van der Waals surface area contributed by atoms with Gasteiger partial charge < -0.3 is 4.42 Å². The first kappa shape index (κ1) is 11.6. The van der Waals surface area contributed by atoms with Crippen LogP contribution in [0.2, 0.25) is 0 Å². The molecule has 0 aliphatic heterocycles. The third kappa shape index (κ3) is 1.79. The Morgan fingerprint density at radius 1 is 1.35 bits per heavy atom. The standard InChI is InChI=1S/C13H16N2O2/c1-5-15-11(6-7-14-15)13(16)12-8(2)9(3)17-10(12)4/h6-7H,5H2,1-4H3. The van der Waals surface area contributed by atoms with Crippen LogP contribution in [0.1, 0.15) is 40.1 Å². The molecule has 0 aromatic carbocycles. The van der Waals surface area contributed by atoms with Crippen LogP contribution in [0.5, 0.6) is 0 Å². The van der Waals surface area contributed by atoms with E-state index in [4.69, 9.17) is 4.42 Å². The first-order chi connectivity index (χ1) is 8.06. The van der Waals surface area contributed by atoms with E-state index in [1.165, 1.54) is 0 Å². The second-order valence-corrected chi connectivity index (χ2v) is 4.08. The summed E-state index contributed by atoms with van der Waals surface area (Å²) in [6.07, 6.45) is 1.65. The number of carbonyl (C=O) groups is 1. The predicted molar refractivity (Wildman–Crippen MR) is 64.3 cm³/mol. The van der Waals surface area contributed by atoms with Gasteiger partial charge in [0.2, 0.25) is 5.78 Å². The molecule has 0 saturated heterocycles. The number of nitrogens with zero attached hydrogens (tertiary/aromatic N) is 2. The van der Waals surface area contributed by atoms with Gasteiger partial charge in [-0.1, -0.05) is 0 Å². The van der Waals surface area contributed by atoms with E-state index in [9.17, 15) is 4.79 Å². The van der Waals surface area contributed by atoms with Crippen molar-refractivity contribution in [1.82, 2.24) is 9.78 Å². The zero-order chi connectivity index (χ0) is 12.6. The molecule has 4 nitrogen and oxygen atoms in total. The first-order valence-electron chi connectivity index (χ1n) is 5.69. The lowest BCUT2D eigenvalue weighted by Gasteiger charge is -2.03. The van der Waals surface area contributed by atoms with Gasteiger partial charge in [0, 0.05) is 18.3 Å². The maximum Gasteiger partial charge on any atom is 0.214 e. The number of carbonyl (C=O) groups excluding carboxylic acids is 1. The van der Waals surface area contributed by atoms with Crippen molar-refractivity contribution in [3.8, 4) is 0 Å². The van der Waals surface area contributed by atoms with Crippen molar-refractivity contribution in [3.05, 3.63) is 40.6 Å². The fourth-order valence-corrected chi connectivity index (χ4v) is 2.03. The van der Waals surface area contributed by atoms with Crippen molar-refractivity contribution in [3.63, 3.8) is 0 Å². The molecule has 0 fully saturated rings. The highest BCUT2D eigenvalue weighted by Crippen LogP contribution is 2.23. The van der Waals surface area contributed by atoms with Crippen LogP contribution in [0, 0.1) is 20.8 Å². The second kappa shape index (κ2) is 4.20. The highest BCUT2D eigenvalue weighted by molar-refractivity contribution is 6.09. The lowest BCUT2D eigenvalue weighted by Crippen LogP contribution is -2.11. The third-order valence-corrected chi connectivity index (χ3v) is 3.04. The Labute approximate surface area is 100 Å². The Morgan fingerprint density at radius 3 is 2.59 bits per heavy atom. The van der Waals surface area contributed by atoms with E-state index in [-0.39, 0.29) is 5.78 Å². The van der Waals surface area contributed by atoms with E-state index in [0.717, 1.165) is 11.3 Å². The summed E-state index contributed by atoms with van der Waals surface area (Å²) in [6, 6.07) is 1.74. The molecule has 0 aliphatic carbocycles. The summed E-state index contributed by atoms with van der Waals surface area (Å²) < 4.78 is 7.19. The summed E-state index contributed by atoms with van der Waals surface area (Å²) in [6.45, 7) is 8.24. The predicted octanol–water partition coefficient (Wildman–Crippen LogP) is 2.65. The van der Waals surface area contributed by atoms with Gasteiger partial charge in [-0.05, 0) is 33.8 Å². The molecule has 0 saturated carbocycles. The van der Waals surface area contributed by atoms with Gasteiger partial charge in [-0.25, -0.2) is 0 Å². The van der Waals surface area contributed by atoms with Crippen molar-refractivity contribution in [2.45, 2.75) is 34.2 Å². The number of furan rings is 1. The molecule has 4 heteroatoms. The molecule has 0 radical (unpaired) electrons. The van der Waals surface area contributed by atoms with Gasteiger partial charge in [-0.15, -0.1) is 0 Å². The van der Waals surface area contributed by atoms with E-state index in [0.29, 0.717) is 23.6 Å². The molecule has 0 N–H and O–H groups in total. The topological polar surface area (TPSA) is 48.0 Å². The van der Waals surface area contributed by atoms with Crippen LogP contribution in [0.3, 0.4) is 0 Å². The minimum absolute atomic E-state index is 0.0174. The summed E-state index contributed by atoms with van der Waals surface area (Å²) in [5.41, 5.74) is 2.19. The number of ketones is 1. The largest absolute Gasteiger partial charge is 0.466 e. The fourth-order valence-electron chi connectivity index (χ4n) is 2.03. The van der Waals surface area contributed by atoms with Crippen molar-refractivity contribution in [1.29, 1.82) is 0 Å². The maximum atomic E-state index is 12.4. The summed E-state index contributed by atoms with van der Waals surface area (Å²) in [5, 5.41) is 4.11. The Bertz CT molecular complexity index is 564. The molecule has 0 unspecified atom stereocenters. The number of hydrogen-bond acceptors (Lipinski definition) is 3. The molecule has 0 aliphatic rings. The molecule has 90 valence electrons. The smallest absolute Gasteiger partial charge is 0.214 e. The van der Waals surface area contributed by atoms with Crippen LogP contribution in [0.4, 0.5) is 0 Å². The number of rotatable bonds is 3. The quantitative estimate of drug-likeness (QED) is 0.764. The van der Waals surface area contributed by atoms with Gasteiger partial charge in [-0.2, -0.15) is 5.10 Å². The first-order valence-corrected chi connectivity index (χ1v) is 5.69. The Hall–Kier alpha value is -1.84. The minimum Gasteiger partial charge on any atom is -0.466 e. The third-order valence-electron chi connectivity index (χ3n) is 3.04. The monoisotopic (exact) mass is 232 g/mol. The Kier molecular flexibility index (Phi) is 2.88. The number of aryl methyl sites for hydroxylation is 3. The number of hydrogen-bond donors (Lipinski definition) is 0. The average molecular weight is 232 g/mol. The van der Waals surface area contributed by atoms with Gasteiger partial charge in [0.1, 0.15) is 17.2 Å². The highest BCUT2D eigenvalue weighted by Gasteiger charge is 2.22. The second-order valence-electron chi connectivity index (χ2n) is 4.08. The number of aromatic nitrogens is 2. The van der Waals surface area contributed by atoms with Crippen molar-refractivity contribution < 1.29 is 9.21 Å². The van der Waals surface area contributed by atoms with E-state index in [1.807, 2.05) is 27.7 Å². The summed E-state index contributed by atoms with van der Waals surface area (Å²) in [5.74, 6) is 1.46. The molecule has 2 aromatic rings. The van der Waals surface area contributed by atoms with Crippen LogP contribution < -0.4 is 0 Å². The molecule has 0 spiro atoms. The molecule has 0 bridgehead atoms.